The van der Waals surface area contributed by atoms with Crippen LogP contribution in [0.25, 0.3) is 0 Å². The Kier molecular flexibility index (Phi) is 7.28. The zero-order chi connectivity index (χ0) is 26.1. The Hall–Kier alpha value is -3.49. The SMILES string of the molecule is O=C(O)C1=N[C@H](C(=O)O)CC(/C=C/N2CCc3cc(O[C@@H]4O[C@H](CO)[C@@H](O)[C@H](O)[C@H]4O)c(O)cc32)=C1. The van der Waals surface area contributed by atoms with E-state index < -0.39 is 55.3 Å². The van der Waals surface area contributed by atoms with E-state index >= 15 is 0 Å². The first-order chi connectivity index (χ1) is 17.1. The highest BCUT2D eigenvalue weighted by atomic mass is 16.7. The summed E-state index contributed by atoms with van der Waals surface area (Å²) in [5.74, 6) is -2.88. The second-order valence-corrected chi connectivity index (χ2v) is 8.62. The van der Waals surface area contributed by atoms with Crippen LogP contribution in [0.15, 0.2) is 41.1 Å². The van der Waals surface area contributed by atoms with E-state index in [2.05, 4.69) is 4.99 Å². The van der Waals surface area contributed by atoms with Crippen LogP contribution < -0.4 is 9.64 Å². The number of fused-ring (bicyclic) bond motifs is 1. The number of aliphatic hydroxyl groups excluding tert-OH is 4. The molecule has 4 rings (SSSR count). The maximum Gasteiger partial charge on any atom is 0.354 e. The fourth-order valence-corrected chi connectivity index (χ4v) is 4.24. The number of carbonyl (C=O) groups is 2. The Morgan fingerprint density at radius 1 is 1.17 bits per heavy atom. The van der Waals surface area contributed by atoms with Crippen LogP contribution in [0.3, 0.4) is 0 Å². The monoisotopic (exact) mass is 506 g/mol. The number of hydrogen-bond donors (Lipinski definition) is 7. The zero-order valence-electron chi connectivity index (χ0n) is 18.8. The Bertz CT molecular complexity index is 1130. The number of benzene rings is 1. The average molecular weight is 506 g/mol. The van der Waals surface area contributed by atoms with Crippen molar-refractivity contribution in [2.24, 2.45) is 4.99 Å². The lowest BCUT2D eigenvalue weighted by atomic mass is 9.99. The van der Waals surface area contributed by atoms with Crippen LogP contribution >= 0.6 is 0 Å². The molecule has 13 heteroatoms. The number of phenols is 1. The van der Waals surface area contributed by atoms with Gasteiger partial charge in [0.2, 0.25) is 6.29 Å². The number of rotatable bonds is 7. The molecule has 1 saturated heterocycles. The molecule has 3 aliphatic rings. The molecule has 13 nitrogen and oxygen atoms in total. The number of anilines is 1. The fourth-order valence-electron chi connectivity index (χ4n) is 4.24. The van der Waals surface area contributed by atoms with Crippen molar-refractivity contribution in [3.63, 3.8) is 0 Å². The number of carboxylic acid groups (broad SMARTS) is 2. The molecule has 1 aromatic rings. The number of aromatic hydroxyl groups is 1. The predicted octanol–water partition coefficient (Wildman–Crippen LogP) is -1.24. The molecule has 1 fully saturated rings. The predicted molar refractivity (Wildman–Crippen MR) is 122 cm³/mol. The van der Waals surface area contributed by atoms with Crippen LogP contribution in [0.2, 0.25) is 0 Å². The van der Waals surface area contributed by atoms with Crippen molar-refractivity contribution >= 4 is 23.3 Å². The molecule has 7 N–H and O–H groups in total. The Balaban J connectivity index is 1.50. The number of carboxylic acids is 2. The number of aliphatic imine (C=N–C) groups is 1. The molecular formula is C23H26N2O11. The lowest BCUT2D eigenvalue weighted by Crippen LogP contribution is -2.60. The number of aliphatic carboxylic acids is 2. The molecule has 0 unspecified atom stereocenters. The topological polar surface area (TPSA) is 210 Å². The summed E-state index contributed by atoms with van der Waals surface area (Å²) in [6, 6.07) is 1.76. The van der Waals surface area contributed by atoms with Gasteiger partial charge in [-0.3, -0.25) is 4.99 Å². The van der Waals surface area contributed by atoms with Gasteiger partial charge in [-0.2, -0.15) is 0 Å². The van der Waals surface area contributed by atoms with Gasteiger partial charge in [-0.1, -0.05) is 0 Å². The van der Waals surface area contributed by atoms with Crippen LogP contribution in [-0.4, -0.2) is 103 Å². The number of allylic oxidation sites excluding steroid dienone is 1. The summed E-state index contributed by atoms with van der Waals surface area (Å²) >= 11 is 0. The summed E-state index contributed by atoms with van der Waals surface area (Å²) in [5, 5.41) is 68.3. The lowest BCUT2D eigenvalue weighted by molar-refractivity contribution is -0.277. The van der Waals surface area contributed by atoms with Crippen molar-refractivity contribution in [2.45, 2.75) is 49.6 Å². The van der Waals surface area contributed by atoms with Gasteiger partial charge >= 0.3 is 11.9 Å². The molecule has 6 atom stereocenters. The van der Waals surface area contributed by atoms with Crippen molar-refractivity contribution in [3.05, 3.63) is 41.6 Å². The second kappa shape index (κ2) is 10.2. The third kappa shape index (κ3) is 5.05. The quantitative estimate of drug-likeness (QED) is 0.231. The molecule has 0 spiro atoms. The van der Waals surface area contributed by atoms with Gasteiger partial charge in [-0.05, 0) is 35.8 Å². The highest BCUT2D eigenvalue weighted by Gasteiger charge is 2.45. The van der Waals surface area contributed by atoms with E-state index in [9.17, 15) is 45.3 Å². The minimum atomic E-state index is -1.63. The molecule has 3 heterocycles. The van der Waals surface area contributed by atoms with Crippen molar-refractivity contribution in [1.29, 1.82) is 0 Å². The molecule has 0 bridgehead atoms. The first kappa shape index (κ1) is 25.6. The number of aliphatic hydroxyl groups is 4. The van der Waals surface area contributed by atoms with Crippen LogP contribution in [0, 0.1) is 0 Å². The maximum atomic E-state index is 11.3. The number of phenolic OH excluding ortho intramolecular Hbond substituents is 1. The summed E-state index contributed by atoms with van der Waals surface area (Å²) < 4.78 is 10.9. The fraction of sp³-hybridized carbons (Fsp3) is 0.435. The highest BCUT2D eigenvalue weighted by Crippen LogP contribution is 2.39. The molecular weight excluding hydrogens is 480 g/mol. The smallest absolute Gasteiger partial charge is 0.354 e. The van der Waals surface area contributed by atoms with E-state index in [-0.39, 0.29) is 23.6 Å². The number of hydrogen-bond acceptors (Lipinski definition) is 11. The van der Waals surface area contributed by atoms with E-state index in [0.29, 0.717) is 24.2 Å². The summed E-state index contributed by atoms with van der Waals surface area (Å²) in [5.41, 5.74) is 1.52. The van der Waals surface area contributed by atoms with Gasteiger partial charge in [0.05, 0.1) is 6.61 Å². The summed E-state index contributed by atoms with van der Waals surface area (Å²) in [4.78, 5) is 28.1. The number of nitrogens with zero attached hydrogens (tertiary/aromatic N) is 2. The van der Waals surface area contributed by atoms with E-state index in [1.165, 1.54) is 18.2 Å². The van der Waals surface area contributed by atoms with Gasteiger partial charge in [0.25, 0.3) is 0 Å². The molecule has 0 saturated carbocycles. The first-order valence-corrected chi connectivity index (χ1v) is 11.1. The molecule has 1 aromatic carbocycles. The van der Waals surface area contributed by atoms with Gasteiger partial charge in [0.1, 0.15) is 30.1 Å². The highest BCUT2D eigenvalue weighted by molar-refractivity contribution is 6.41. The third-order valence-electron chi connectivity index (χ3n) is 6.20. The minimum Gasteiger partial charge on any atom is -0.504 e. The largest absolute Gasteiger partial charge is 0.504 e. The Morgan fingerprint density at radius 3 is 2.58 bits per heavy atom. The van der Waals surface area contributed by atoms with Crippen LogP contribution in [0.4, 0.5) is 5.69 Å². The Morgan fingerprint density at radius 2 is 1.92 bits per heavy atom. The van der Waals surface area contributed by atoms with Crippen molar-refractivity contribution in [2.75, 3.05) is 18.1 Å². The molecule has 0 amide bonds. The van der Waals surface area contributed by atoms with Crippen LogP contribution in [0.1, 0.15) is 12.0 Å². The second-order valence-electron chi connectivity index (χ2n) is 8.62. The molecule has 3 aliphatic heterocycles. The van der Waals surface area contributed by atoms with E-state index in [1.54, 1.807) is 17.2 Å². The van der Waals surface area contributed by atoms with Gasteiger partial charge in [0, 0.05) is 30.9 Å². The zero-order valence-corrected chi connectivity index (χ0v) is 18.8. The van der Waals surface area contributed by atoms with Crippen LogP contribution in [0.5, 0.6) is 11.5 Å². The maximum absolute atomic E-state index is 11.3. The molecule has 0 radical (unpaired) electrons. The lowest BCUT2D eigenvalue weighted by Gasteiger charge is -2.39. The molecule has 0 aromatic heterocycles. The van der Waals surface area contributed by atoms with Crippen molar-refractivity contribution in [1.82, 2.24) is 0 Å². The van der Waals surface area contributed by atoms with E-state index in [0.717, 1.165) is 5.56 Å². The summed E-state index contributed by atoms with van der Waals surface area (Å²) in [6.07, 6.45) is -2.28. The number of dihydropyridines is 1. The van der Waals surface area contributed by atoms with Gasteiger partial charge in [0.15, 0.2) is 17.5 Å². The normalized spacial score (nSPS) is 30.1. The average Bonchev–Trinajstić information content (AvgIpc) is 3.24. The minimum absolute atomic E-state index is 0.0282. The molecule has 36 heavy (non-hydrogen) atoms. The van der Waals surface area contributed by atoms with E-state index in [4.69, 9.17) is 9.47 Å². The summed E-state index contributed by atoms with van der Waals surface area (Å²) in [6.45, 7) is -0.115. The van der Waals surface area contributed by atoms with Gasteiger partial charge in [-0.15, -0.1) is 0 Å². The summed E-state index contributed by atoms with van der Waals surface area (Å²) in [7, 11) is 0. The van der Waals surface area contributed by atoms with Crippen LogP contribution in [-0.2, 0) is 20.7 Å². The first-order valence-electron chi connectivity index (χ1n) is 11.1. The van der Waals surface area contributed by atoms with Crippen molar-refractivity contribution < 1.29 is 54.8 Å². The Labute approximate surface area is 204 Å². The van der Waals surface area contributed by atoms with Crippen molar-refractivity contribution in [3.8, 4) is 11.5 Å². The van der Waals surface area contributed by atoms with Gasteiger partial charge < -0.3 is 50.1 Å². The molecule has 0 aliphatic carbocycles. The third-order valence-corrected chi connectivity index (χ3v) is 6.20. The van der Waals surface area contributed by atoms with Gasteiger partial charge in [-0.25, -0.2) is 9.59 Å². The van der Waals surface area contributed by atoms with E-state index in [1.807, 2.05) is 0 Å². The number of ether oxygens (including phenoxy) is 2. The molecule has 194 valence electrons. The standard InChI is InChI=1S/C23H26N2O11/c26-9-17-18(28)19(29)20(30)23(36-17)35-16-7-11-2-4-25(14(11)8-15(16)27)3-1-10-5-12(21(31)32)24-13(6-10)22(33)34/h1,3,5,7-8,13,17-20,23,26-30H,2,4,6,9H2,(H,31,32)(H,33,34)/b3-1+/t13-,17+,18+,19-,20+,23+/m0/s1.